The second kappa shape index (κ2) is 30.4. The standard InChI is InChI=1S/C34H71NO2/c1-4-7-10-13-16-17-18-19-20-21-24-27-30-35(31-33(36)28-25-22-14-11-8-5-2)32-34(37)29-26-23-15-12-9-6-3/h33-34,36-37H,4-32H2,1-3H3. The van der Waals surface area contributed by atoms with Crippen molar-refractivity contribution in [1.29, 1.82) is 0 Å². The molecule has 0 spiro atoms. The Morgan fingerprint density at radius 1 is 0.378 bits per heavy atom. The van der Waals surface area contributed by atoms with E-state index in [9.17, 15) is 10.2 Å². The molecule has 0 radical (unpaired) electrons. The van der Waals surface area contributed by atoms with Crippen molar-refractivity contribution in [2.45, 2.75) is 200 Å². The molecule has 0 rings (SSSR count). The van der Waals surface area contributed by atoms with Gasteiger partial charge in [-0.15, -0.1) is 0 Å². The molecule has 0 saturated carbocycles. The van der Waals surface area contributed by atoms with Crippen LogP contribution in [-0.2, 0) is 0 Å². The zero-order valence-electron chi connectivity index (χ0n) is 26.0. The van der Waals surface area contributed by atoms with E-state index < -0.39 is 0 Å². The highest BCUT2D eigenvalue weighted by Gasteiger charge is 2.15. The highest BCUT2D eigenvalue weighted by atomic mass is 16.3. The van der Waals surface area contributed by atoms with Crippen LogP contribution in [0.1, 0.15) is 188 Å². The van der Waals surface area contributed by atoms with Gasteiger partial charge in [0, 0.05) is 13.1 Å². The molecular formula is C34H71NO2. The van der Waals surface area contributed by atoms with Crippen molar-refractivity contribution in [1.82, 2.24) is 4.90 Å². The van der Waals surface area contributed by atoms with Gasteiger partial charge in [-0.1, -0.05) is 168 Å². The van der Waals surface area contributed by atoms with Crippen molar-refractivity contribution in [3.8, 4) is 0 Å². The highest BCUT2D eigenvalue weighted by molar-refractivity contribution is 4.70. The summed E-state index contributed by atoms with van der Waals surface area (Å²) in [5.41, 5.74) is 0. The van der Waals surface area contributed by atoms with Crippen LogP contribution in [0.3, 0.4) is 0 Å². The monoisotopic (exact) mass is 526 g/mol. The van der Waals surface area contributed by atoms with Gasteiger partial charge < -0.3 is 10.2 Å². The Hall–Kier alpha value is -0.120. The molecule has 3 nitrogen and oxygen atoms in total. The summed E-state index contributed by atoms with van der Waals surface area (Å²) in [7, 11) is 0. The Morgan fingerprint density at radius 3 is 0.973 bits per heavy atom. The summed E-state index contributed by atoms with van der Waals surface area (Å²) in [5.74, 6) is 0. The molecule has 2 N–H and O–H groups in total. The van der Waals surface area contributed by atoms with Crippen LogP contribution < -0.4 is 0 Å². The number of aliphatic hydroxyl groups is 2. The summed E-state index contributed by atoms with van der Waals surface area (Å²) >= 11 is 0. The second-order valence-corrected chi connectivity index (χ2v) is 12.1. The van der Waals surface area contributed by atoms with E-state index in [1.807, 2.05) is 0 Å². The molecule has 0 saturated heterocycles. The zero-order valence-corrected chi connectivity index (χ0v) is 26.0. The summed E-state index contributed by atoms with van der Waals surface area (Å²) in [6.07, 6.45) is 33.1. The number of aliphatic hydroxyl groups excluding tert-OH is 2. The molecule has 0 bridgehead atoms. The Morgan fingerprint density at radius 2 is 0.649 bits per heavy atom. The Labute approximate surface area is 234 Å². The normalized spacial score (nSPS) is 13.5. The number of rotatable bonds is 31. The van der Waals surface area contributed by atoms with Gasteiger partial charge in [0.15, 0.2) is 0 Å². The molecule has 0 aromatic rings. The zero-order chi connectivity index (χ0) is 27.2. The maximum absolute atomic E-state index is 10.7. The topological polar surface area (TPSA) is 43.7 Å². The summed E-state index contributed by atoms with van der Waals surface area (Å²) in [5, 5.41) is 21.4. The van der Waals surface area contributed by atoms with Crippen LogP contribution >= 0.6 is 0 Å². The molecule has 0 heterocycles. The van der Waals surface area contributed by atoms with Crippen LogP contribution in [0.5, 0.6) is 0 Å². The van der Waals surface area contributed by atoms with Crippen molar-refractivity contribution in [2.24, 2.45) is 0 Å². The van der Waals surface area contributed by atoms with Crippen LogP contribution in [-0.4, -0.2) is 47.0 Å². The fourth-order valence-electron chi connectivity index (χ4n) is 5.53. The molecule has 0 aliphatic carbocycles. The van der Waals surface area contributed by atoms with Crippen molar-refractivity contribution < 1.29 is 10.2 Å². The lowest BCUT2D eigenvalue weighted by Crippen LogP contribution is -2.38. The van der Waals surface area contributed by atoms with E-state index in [1.165, 1.54) is 141 Å². The van der Waals surface area contributed by atoms with Crippen molar-refractivity contribution >= 4 is 0 Å². The Bertz CT molecular complexity index is 393. The van der Waals surface area contributed by atoms with E-state index in [0.717, 1.165) is 45.3 Å². The number of nitrogens with zero attached hydrogens (tertiary/aromatic N) is 1. The van der Waals surface area contributed by atoms with E-state index in [1.54, 1.807) is 0 Å². The van der Waals surface area contributed by atoms with Gasteiger partial charge in [-0.25, -0.2) is 0 Å². The summed E-state index contributed by atoms with van der Waals surface area (Å²) in [6.45, 7) is 9.31. The second-order valence-electron chi connectivity index (χ2n) is 12.1. The van der Waals surface area contributed by atoms with E-state index in [4.69, 9.17) is 0 Å². The van der Waals surface area contributed by atoms with Crippen LogP contribution in [0.2, 0.25) is 0 Å². The first kappa shape index (κ1) is 36.9. The van der Waals surface area contributed by atoms with Crippen molar-refractivity contribution in [3.63, 3.8) is 0 Å². The van der Waals surface area contributed by atoms with Gasteiger partial charge in [0.25, 0.3) is 0 Å². The summed E-state index contributed by atoms with van der Waals surface area (Å²) < 4.78 is 0. The molecule has 3 heteroatoms. The van der Waals surface area contributed by atoms with Crippen LogP contribution in [0.25, 0.3) is 0 Å². The molecule has 224 valence electrons. The number of hydrogen-bond acceptors (Lipinski definition) is 3. The largest absolute Gasteiger partial charge is 0.392 e. The van der Waals surface area contributed by atoms with E-state index in [0.29, 0.717) is 0 Å². The number of unbranched alkanes of at least 4 members (excludes halogenated alkanes) is 21. The average molecular weight is 526 g/mol. The quantitative estimate of drug-likeness (QED) is 0.0885. The molecule has 2 unspecified atom stereocenters. The maximum Gasteiger partial charge on any atom is 0.0667 e. The molecule has 0 aromatic carbocycles. The average Bonchev–Trinajstić information content (AvgIpc) is 2.88. The lowest BCUT2D eigenvalue weighted by atomic mass is 10.0. The van der Waals surface area contributed by atoms with Gasteiger partial charge >= 0.3 is 0 Å². The maximum atomic E-state index is 10.7. The van der Waals surface area contributed by atoms with E-state index in [2.05, 4.69) is 25.7 Å². The van der Waals surface area contributed by atoms with Gasteiger partial charge in [0.1, 0.15) is 0 Å². The molecule has 0 aromatic heterocycles. The van der Waals surface area contributed by atoms with E-state index in [-0.39, 0.29) is 12.2 Å². The van der Waals surface area contributed by atoms with Crippen LogP contribution in [0.4, 0.5) is 0 Å². The Kier molecular flexibility index (Phi) is 30.3. The van der Waals surface area contributed by atoms with Gasteiger partial charge in [-0.2, -0.15) is 0 Å². The first-order chi connectivity index (χ1) is 18.1. The number of hydrogen-bond donors (Lipinski definition) is 2. The highest BCUT2D eigenvalue weighted by Crippen LogP contribution is 2.15. The smallest absolute Gasteiger partial charge is 0.0667 e. The fourth-order valence-corrected chi connectivity index (χ4v) is 5.53. The minimum Gasteiger partial charge on any atom is -0.392 e. The molecular weight excluding hydrogens is 454 g/mol. The molecule has 37 heavy (non-hydrogen) atoms. The molecule has 0 fully saturated rings. The van der Waals surface area contributed by atoms with Crippen LogP contribution in [0.15, 0.2) is 0 Å². The molecule has 2 atom stereocenters. The third-order valence-corrected chi connectivity index (χ3v) is 8.05. The Balaban J connectivity index is 4.13. The van der Waals surface area contributed by atoms with E-state index >= 15 is 0 Å². The fraction of sp³-hybridized carbons (Fsp3) is 1.00. The van der Waals surface area contributed by atoms with Gasteiger partial charge in [-0.05, 0) is 25.8 Å². The molecule has 0 aliphatic heterocycles. The first-order valence-corrected chi connectivity index (χ1v) is 17.2. The minimum atomic E-state index is -0.246. The third-order valence-electron chi connectivity index (χ3n) is 8.05. The molecule has 0 amide bonds. The lowest BCUT2D eigenvalue weighted by Gasteiger charge is -2.27. The van der Waals surface area contributed by atoms with Crippen molar-refractivity contribution in [2.75, 3.05) is 19.6 Å². The lowest BCUT2D eigenvalue weighted by molar-refractivity contribution is 0.0596. The SMILES string of the molecule is CCCCCCCCCCCCCCN(CC(O)CCCCCCCC)CC(O)CCCCCCCC. The summed E-state index contributed by atoms with van der Waals surface area (Å²) in [6, 6.07) is 0. The van der Waals surface area contributed by atoms with Crippen molar-refractivity contribution in [3.05, 3.63) is 0 Å². The summed E-state index contributed by atoms with van der Waals surface area (Å²) in [4.78, 5) is 2.37. The molecule has 0 aliphatic rings. The van der Waals surface area contributed by atoms with Gasteiger partial charge in [0.2, 0.25) is 0 Å². The third kappa shape index (κ3) is 28.7. The first-order valence-electron chi connectivity index (χ1n) is 17.2. The van der Waals surface area contributed by atoms with Gasteiger partial charge in [0.05, 0.1) is 12.2 Å². The van der Waals surface area contributed by atoms with Gasteiger partial charge in [-0.3, -0.25) is 4.90 Å². The van der Waals surface area contributed by atoms with Crippen LogP contribution in [0, 0.1) is 0 Å². The minimum absolute atomic E-state index is 0.246. The predicted molar refractivity (Wildman–Crippen MR) is 166 cm³/mol. The predicted octanol–water partition coefficient (Wildman–Crippen LogP) is 10.2.